The van der Waals surface area contributed by atoms with E-state index in [0.29, 0.717) is 0 Å². The summed E-state index contributed by atoms with van der Waals surface area (Å²) in [6.07, 6.45) is 1.29. The number of nitrogens with one attached hydrogen (secondary N) is 1. The van der Waals surface area contributed by atoms with Gasteiger partial charge in [0.05, 0.1) is 16.3 Å². The lowest BCUT2D eigenvalue weighted by molar-refractivity contribution is 0.0691. The van der Waals surface area contributed by atoms with Crippen LogP contribution in [-0.2, 0) is 0 Å². The molecule has 5 nitrogen and oxygen atoms in total. The molecule has 0 fully saturated rings. The molecule has 0 spiro atoms. The van der Waals surface area contributed by atoms with Gasteiger partial charge in [0.15, 0.2) is 5.69 Å². The molecule has 0 unspecified atom stereocenters. The number of aromatic carboxylic acids is 1. The monoisotopic (exact) mass is 294 g/mol. The van der Waals surface area contributed by atoms with Gasteiger partial charge < -0.3 is 10.4 Å². The molecule has 7 heteroatoms. The standard InChI is InChI=1S/C13H8ClFN2O3/c14-10-7(3-1-4-8(10)15)12(18)17-9-5-2-6-16-11(9)13(19)20/h1-6H,(H,17,18)(H,19,20). The zero-order chi connectivity index (χ0) is 14.7. The smallest absolute Gasteiger partial charge is 0.356 e. The van der Waals surface area contributed by atoms with E-state index in [1.165, 1.54) is 30.5 Å². The Morgan fingerprint density at radius 2 is 2.00 bits per heavy atom. The molecule has 20 heavy (non-hydrogen) atoms. The SMILES string of the molecule is O=C(Nc1cccnc1C(=O)O)c1cccc(F)c1Cl. The van der Waals surface area contributed by atoms with Gasteiger partial charge in [-0.15, -0.1) is 0 Å². The number of carbonyl (C=O) groups excluding carboxylic acids is 1. The van der Waals surface area contributed by atoms with E-state index in [9.17, 15) is 14.0 Å². The number of carboxylic acid groups (broad SMARTS) is 1. The first kappa shape index (κ1) is 14.0. The third kappa shape index (κ3) is 2.75. The number of halogens is 2. The zero-order valence-corrected chi connectivity index (χ0v) is 10.7. The van der Waals surface area contributed by atoms with Crippen LogP contribution in [0, 0.1) is 5.82 Å². The Hall–Kier alpha value is -2.47. The van der Waals surface area contributed by atoms with Crippen molar-refractivity contribution in [2.45, 2.75) is 0 Å². The van der Waals surface area contributed by atoms with Crippen LogP contribution in [-0.4, -0.2) is 22.0 Å². The summed E-state index contributed by atoms with van der Waals surface area (Å²) >= 11 is 5.69. The Bertz CT molecular complexity index is 691. The van der Waals surface area contributed by atoms with Crippen LogP contribution in [0.1, 0.15) is 20.8 Å². The molecular formula is C13H8ClFN2O3. The highest BCUT2D eigenvalue weighted by Crippen LogP contribution is 2.21. The Morgan fingerprint density at radius 1 is 1.25 bits per heavy atom. The van der Waals surface area contributed by atoms with Gasteiger partial charge in [0.1, 0.15) is 5.82 Å². The summed E-state index contributed by atoms with van der Waals surface area (Å²) in [5.41, 5.74) is -0.398. The summed E-state index contributed by atoms with van der Waals surface area (Å²) in [6.45, 7) is 0. The maximum atomic E-state index is 13.3. The van der Waals surface area contributed by atoms with Crippen LogP contribution in [0.5, 0.6) is 0 Å². The molecule has 0 saturated heterocycles. The second-order valence-electron chi connectivity index (χ2n) is 3.76. The highest BCUT2D eigenvalue weighted by atomic mass is 35.5. The molecule has 0 atom stereocenters. The molecule has 1 aromatic heterocycles. The van der Waals surface area contributed by atoms with Crippen LogP contribution < -0.4 is 5.32 Å². The molecule has 2 rings (SSSR count). The normalized spacial score (nSPS) is 10.1. The van der Waals surface area contributed by atoms with Crippen molar-refractivity contribution in [3.63, 3.8) is 0 Å². The van der Waals surface area contributed by atoms with E-state index in [1.807, 2.05) is 0 Å². The minimum Gasteiger partial charge on any atom is -0.476 e. The molecule has 0 aliphatic rings. The van der Waals surface area contributed by atoms with Crippen molar-refractivity contribution < 1.29 is 19.1 Å². The zero-order valence-electron chi connectivity index (χ0n) is 9.93. The Morgan fingerprint density at radius 3 is 2.70 bits per heavy atom. The fourth-order valence-electron chi connectivity index (χ4n) is 1.55. The molecule has 2 aromatic rings. The van der Waals surface area contributed by atoms with E-state index < -0.39 is 17.7 Å². The summed E-state index contributed by atoms with van der Waals surface area (Å²) in [4.78, 5) is 26.6. The number of pyridine rings is 1. The predicted octanol–water partition coefficient (Wildman–Crippen LogP) is 2.82. The van der Waals surface area contributed by atoms with Crippen LogP contribution in [0.2, 0.25) is 5.02 Å². The quantitative estimate of drug-likeness (QED) is 0.912. The maximum Gasteiger partial charge on any atom is 0.356 e. The minimum atomic E-state index is -1.29. The largest absolute Gasteiger partial charge is 0.476 e. The second kappa shape index (κ2) is 5.66. The lowest BCUT2D eigenvalue weighted by Crippen LogP contribution is -2.16. The van der Waals surface area contributed by atoms with Crippen molar-refractivity contribution in [2.75, 3.05) is 5.32 Å². The van der Waals surface area contributed by atoms with Gasteiger partial charge in [-0.25, -0.2) is 14.2 Å². The van der Waals surface area contributed by atoms with Crippen LogP contribution in [0.15, 0.2) is 36.5 Å². The first-order chi connectivity index (χ1) is 9.50. The number of rotatable bonds is 3. The predicted molar refractivity (Wildman–Crippen MR) is 70.6 cm³/mol. The van der Waals surface area contributed by atoms with Crippen LogP contribution in [0.25, 0.3) is 0 Å². The first-order valence-electron chi connectivity index (χ1n) is 5.44. The highest BCUT2D eigenvalue weighted by Gasteiger charge is 2.17. The summed E-state index contributed by atoms with van der Waals surface area (Å²) in [7, 11) is 0. The number of anilines is 1. The molecule has 1 aromatic carbocycles. The number of hydrogen-bond acceptors (Lipinski definition) is 3. The molecule has 0 saturated carbocycles. The van der Waals surface area contributed by atoms with Gasteiger partial charge in [0.2, 0.25) is 0 Å². The molecule has 1 heterocycles. The number of carboxylic acids is 1. The van der Waals surface area contributed by atoms with Gasteiger partial charge in [-0.05, 0) is 24.3 Å². The number of nitrogens with zero attached hydrogens (tertiary/aromatic N) is 1. The van der Waals surface area contributed by atoms with E-state index >= 15 is 0 Å². The fourth-order valence-corrected chi connectivity index (χ4v) is 1.76. The molecule has 2 N–H and O–H groups in total. The third-order valence-electron chi connectivity index (χ3n) is 2.45. The van der Waals surface area contributed by atoms with Gasteiger partial charge in [0.25, 0.3) is 5.91 Å². The minimum absolute atomic E-state index is 0.00493. The van der Waals surface area contributed by atoms with Crippen molar-refractivity contribution in [1.29, 1.82) is 0 Å². The number of amides is 1. The Labute approximate surface area is 118 Å². The van der Waals surface area contributed by atoms with Crippen molar-refractivity contribution in [1.82, 2.24) is 4.98 Å². The first-order valence-corrected chi connectivity index (χ1v) is 5.82. The number of hydrogen-bond donors (Lipinski definition) is 2. The fraction of sp³-hybridized carbons (Fsp3) is 0. The summed E-state index contributed by atoms with van der Waals surface area (Å²) in [5.74, 6) is -2.74. The number of benzene rings is 1. The van der Waals surface area contributed by atoms with Gasteiger partial charge in [-0.1, -0.05) is 17.7 Å². The third-order valence-corrected chi connectivity index (χ3v) is 2.84. The Balaban J connectivity index is 2.33. The van der Waals surface area contributed by atoms with Crippen molar-refractivity contribution in [3.05, 3.63) is 58.6 Å². The average Bonchev–Trinajstić information content (AvgIpc) is 2.42. The van der Waals surface area contributed by atoms with Crippen molar-refractivity contribution in [2.24, 2.45) is 0 Å². The van der Waals surface area contributed by atoms with E-state index in [0.717, 1.165) is 6.07 Å². The number of carbonyl (C=O) groups is 2. The molecule has 1 amide bonds. The van der Waals surface area contributed by atoms with E-state index in [-0.39, 0.29) is 22.0 Å². The lowest BCUT2D eigenvalue weighted by Gasteiger charge is -2.08. The molecular weight excluding hydrogens is 287 g/mol. The second-order valence-corrected chi connectivity index (χ2v) is 4.14. The maximum absolute atomic E-state index is 13.3. The van der Waals surface area contributed by atoms with Gasteiger partial charge in [0, 0.05) is 6.20 Å². The molecule has 0 bridgehead atoms. The van der Waals surface area contributed by atoms with Crippen LogP contribution in [0.4, 0.5) is 10.1 Å². The van der Waals surface area contributed by atoms with Gasteiger partial charge >= 0.3 is 5.97 Å². The van der Waals surface area contributed by atoms with Gasteiger partial charge in [-0.3, -0.25) is 4.79 Å². The van der Waals surface area contributed by atoms with E-state index in [2.05, 4.69) is 10.3 Å². The molecule has 102 valence electrons. The van der Waals surface area contributed by atoms with Crippen LogP contribution >= 0.6 is 11.6 Å². The number of aromatic nitrogens is 1. The van der Waals surface area contributed by atoms with Crippen LogP contribution in [0.3, 0.4) is 0 Å². The molecule has 0 aliphatic heterocycles. The van der Waals surface area contributed by atoms with Crippen molar-refractivity contribution in [3.8, 4) is 0 Å². The van der Waals surface area contributed by atoms with E-state index in [1.54, 1.807) is 0 Å². The molecule has 0 radical (unpaired) electrons. The summed E-state index contributed by atoms with van der Waals surface area (Å²) in [6, 6.07) is 6.62. The highest BCUT2D eigenvalue weighted by molar-refractivity contribution is 6.34. The van der Waals surface area contributed by atoms with E-state index in [4.69, 9.17) is 16.7 Å². The molecule has 0 aliphatic carbocycles. The lowest BCUT2D eigenvalue weighted by atomic mass is 10.2. The van der Waals surface area contributed by atoms with Gasteiger partial charge in [-0.2, -0.15) is 0 Å². The van der Waals surface area contributed by atoms with Crippen molar-refractivity contribution >= 4 is 29.2 Å². The summed E-state index contributed by atoms with van der Waals surface area (Å²) < 4.78 is 13.3. The summed E-state index contributed by atoms with van der Waals surface area (Å²) in [5, 5.41) is 11.0. The average molecular weight is 295 g/mol. The topological polar surface area (TPSA) is 79.3 Å². The Kier molecular flexibility index (Phi) is 3.95.